The number of piperidine rings is 1. The molecule has 0 saturated carbocycles. The molecule has 20 heavy (non-hydrogen) atoms. The summed E-state index contributed by atoms with van der Waals surface area (Å²) in [5, 5.41) is 8.65. The summed E-state index contributed by atoms with van der Waals surface area (Å²) in [6.45, 7) is 3.06. The number of hydrogen-bond donors (Lipinski definition) is 1. The minimum atomic E-state index is -0.758. The normalized spacial score (nSPS) is 19.8. The van der Waals surface area contributed by atoms with Crippen LogP contribution in [0.2, 0.25) is 0 Å². The molecule has 1 fully saturated rings. The standard InChI is InChI=1S/C16H23NO3/c1-17-10-2-3-14(11-17)12-20-15-7-4-13(5-8-15)6-9-16(18)19/h4-5,7-8,14H,2-3,6,9-12H2,1H3,(H,18,19). The Balaban J connectivity index is 1.77. The van der Waals surface area contributed by atoms with Crippen LogP contribution in [0.3, 0.4) is 0 Å². The van der Waals surface area contributed by atoms with Crippen molar-refractivity contribution in [2.45, 2.75) is 25.7 Å². The molecule has 2 rings (SSSR count). The first-order valence-corrected chi connectivity index (χ1v) is 7.25. The molecule has 4 heteroatoms. The van der Waals surface area contributed by atoms with E-state index >= 15 is 0 Å². The van der Waals surface area contributed by atoms with Gasteiger partial charge in [0.1, 0.15) is 5.75 Å². The molecule has 110 valence electrons. The number of likely N-dealkylation sites (tertiary alicyclic amines) is 1. The number of carboxylic acids is 1. The lowest BCUT2D eigenvalue weighted by Gasteiger charge is -2.29. The maximum Gasteiger partial charge on any atom is 0.303 e. The van der Waals surface area contributed by atoms with E-state index in [9.17, 15) is 4.79 Å². The van der Waals surface area contributed by atoms with E-state index in [1.807, 2.05) is 24.3 Å². The molecule has 1 atom stereocenters. The van der Waals surface area contributed by atoms with Crippen LogP contribution in [-0.4, -0.2) is 42.7 Å². The van der Waals surface area contributed by atoms with Crippen molar-refractivity contribution < 1.29 is 14.6 Å². The van der Waals surface area contributed by atoms with E-state index in [1.54, 1.807) is 0 Å². The summed E-state index contributed by atoms with van der Waals surface area (Å²) in [6.07, 6.45) is 3.23. The minimum absolute atomic E-state index is 0.175. The second-order valence-corrected chi connectivity index (χ2v) is 5.62. The molecule has 1 aromatic carbocycles. The summed E-state index contributed by atoms with van der Waals surface area (Å²) in [5.41, 5.74) is 1.04. The summed E-state index contributed by atoms with van der Waals surface area (Å²) in [6, 6.07) is 7.77. The Kier molecular flexibility index (Phi) is 5.41. The van der Waals surface area contributed by atoms with E-state index < -0.39 is 5.97 Å². The van der Waals surface area contributed by atoms with Crippen LogP contribution in [0.15, 0.2) is 24.3 Å². The number of rotatable bonds is 6. The van der Waals surface area contributed by atoms with Gasteiger partial charge in [-0.25, -0.2) is 0 Å². The van der Waals surface area contributed by atoms with Crippen LogP contribution in [0.5, 0.6) is 5.75 Å². The van der Waals surface area contributed by atoms with Gasteiger partial charge in [-0.1, -0.05) is 12.1 Å². The number of benzene rings is 1. The fraction of sp³-hybridized carbons (Fsp3) is 0.562. The maximum absolute atomic E-state index is 10.5. The van der Waals surface area contributed by atoms with Crippen molar-refractivity contribution in [1.82, 2.24) is 4.90 Å². The van der Waals surface area contributed by atoms with Gasteiger partial charge in [0.15, 0.2) is 0 Å². The number of carbonyl (C=O) groups is 1. The molecular weight excluding hydrogens is 254 g/mol. The van der Waals surface area contributed by atoms with Crippen LogP contribution >= 0.6 is 0 Å². The second kappa shape index (κ2) is 7.29. The zero-order valence-corrected chi connectivity index (χ0v) is 12.0. The molecule has 0 bridgehead atoms. The molecule has 0 aromatic heterocycles. The number of hydrogen-bond acceptors (Lipinski definition) is 3. The van der Waals surface area contributed by atoms with Crippen LogP contribution < -0.4 is 4.74 Å². The third kappa shape index (κ3) is 4.85. The lowest BCUT2D eigenvalue weighted by molar-refractivity contribution is -0.136. The fourth-order valence-electron chi connectivity index (χ4n) is 2.63. The van der Waals surface area contributed by atoms with Crippen molar-refractivity contribution in [3.05, 3.63) is 29.8 Å². The average Bonchev–Trinajstić information content (AvgIpc) is 2.44. The Morgan fingerprint density at radius 3 is 2.80 bits per heavy atom. The van der Waals surface area contributed by atoms with E-state index in [0.29, 0.717) is 12.3 Å². The first-order chi connectivity index (χ1) is 9.63. The van der Waals surface area contributed by atoms with Crippen LogP contribution in [-0.2, 0) is 11.2 Å². The molecule has 0 amide bonds. The molecule has 1 aromatic rings. The predicted octanol–water partition coefficient (Wildman–Crippen LogP) is 2.42. The largest absolute Gasteiger partial charge is 0.493 e. The van der Waals surface area contributed by atoms with E-state index in [0.717, 1.165) is 24.5 Å². The second-order valence-electron chi connectivity index (χ2n) is 5.62. The summed E-state index contributed by atoms with van der Waals surface area (Å²) in [7, 11) is 2.16. The quantitative estimate of drug-likeness (QED) is 0.867. The summed E-state index contributed by atoms with van der Waals surface area (Å²) < 4.78 is 5.83. The number of aryl methyl sites for hydroxylation is 1. The van der Waals surface area contributed by atoms with Gasteiger partial charge >= 0.3 is 5.97 Å². The number of ether oxygens (including phenoxy) is 1. The molecule has 4 nitrogen and oxygen atoms in total. The highest BCUT2D eigenvalue weighted by atomic mass is 16.5. The Morgan fingerprint density at radius 1 is 1.40 bits per heavy atom. The van der Waals surface area contributed by atoms with Gasteiger partial charge in [-0.2, -0.15) is 0 Å². The van der Waals surface area contributed by atoms with E-state index in [2.05, 4.69) is 11.9 Å². The molecule has 1 heterocycles. The summed E-state index contributed by atoms with van der Waals surface area (Å²) in [5.74, 6) is 0.726. The molecule has 1 aliphatic rings. The lowest BCUT2D eigenvalue weighted by Crippen LogP contribution is -2.34. The molecule has 1 N–H and O–H groups in total. The molecule has 1 aliphatic heterocycles. The van der Waals surface area contributed by atoms with Crippen molar-refractivity contribution in [2.24, 2.45) is 5.92 Å². The van der Waals surface area contributed by atoms with Crippen LogP contribution in [0.1, 0.15) is 24.8 Å². The lowest BCUT2D eigenvalue weighted by atomic mass is 9.99. The highest BCUT2D eigenvalue weighted by Crippen LogP contribution is 2.18. The Hall–Kier alpha value is -1.55. The summed E-state index contributed by atoms with van der Waals surface area (Å²) >= 11 is 0. The van der Waals surface area contributed by atoms with Crippen molar-refractivity contribution in [1.29, 1.82) is 0 Å². The molecule has 0 spiro atoms. The minimum Gasteiger partial charge on any atom is -0.493 e. The van der Waals surface area contributed by atoms with Gasteiger partial charge in [-0.3, -0.25) is 4.79 Å². The zero-order chi connectivity index (χ0) is 14.4. The van der Waals surface area contributed by atoms with Gasteiger partial charge in [-0.05, 0) is 50.6 Å². The van der Waals surface area contributed by atoms with Crippen molar-refractivity contribution in [3.63, 3.8) is 0 Å². The van der Waals surface area contributed by atoms with Gasteiger partial charge < -0.3 is 14.7 Å². The number of carboxylic acid groups (broad SMARTS) is 1. The fourth-order valence-corrected chi connectivity index (χ4v) is 2.63. The van der Waals surface area contributed by atoms with Crippen LogP contribution in [0.4, 0.5) is 0 Å². The molecular formula is C16H23NO3. The Labute approximate surface area is 120 Å². The Bertz CT molecular complexity index is 430. The van der Waals surface area contributed by atoms with E-state index in [-0.39, 0.29) is 6.42 Å². The third-order valence-electron chi connectivity index (χ3n) is 3.76. The first-order valence-electron chi connectivity index (χ1n) is 7.25. The Morgan fingerprint density at radius 2 is 2.15 bits per heavy atom. The monoisotopic (exact) mass is 277 g/mol. The highest BCUT2D eigenvalue weighted by molar-refractivity contribution is 5.67. The maximum atomic E-state index is 10.5. The summed E-state index contributed by atoms with van der Waals surface area (Å²) in [4.78, 5) is 12.9. The van der Waals surface area contributed by atoms with E-state index in [4.69, 9.17) is 9.84 Å². The topological polar surface area (TPSA) is 49.8 Å². The van der Waals surface area contributed by atoms with Crippen molar-refractivity contribution >= 4 is 5.97 Å². The zero-order valence-electron chi connectivity index (χ0n) is 12.0. The van der Waals surface area contributed by atoms with E-state index in [1.165, 1.54) is 19.4 Å². The van der Waals surface area contributed by atoms with Crippen molar-refractivity contribution in [3.8, 4) is 5.75 Å². The van der Waals surface area contributed by atoms with Gasteiger partial charge in [0.05, 0.1) is 6.61 Å². The highest BCUT2D eigenvalue weighted by Gasteiger charge is 2.17. The predicted molar refractivity (Wildman–Crippen MR) is 78.1 cm³/mol. The SMILES string of the molecule is CN1CCCC(COc2ccc(CCC(=O)O)cc2)C1. The van der Waals surface area contributed by atoms with Gasteiger partial charge in [0.2, 0.25) is 0 Å². The number of nitrogens with zero attached hydrogens (tertiary/aromatic N) is 1. The molecule has 1 saturated heterocycles. The molecule has 1 unspecified atom stereocenters. The van der Waals surface area contributed by atoms with Gasteiger partial charge in [-0.15, -0.1) is 0 Å². The van der Waals surface area contributed by atoms with Gasteiger partial charge in [0, 0.05) is 18.9 Å². The smallest absolute Gasteiger partial charge is 0.303 e. The molecule has 0 radical (unpaired) electrons. The van der Waals surface area contributed by atoms with Crippen LogP contribution in [0, 0.1) is 5.92 Å². The van der Waals surface area contributed by atoms with Crippen molar-refractivity contribution in [2.75, 3.05) is 26.7 Å². The molecule has 0 aliphatic carbocycles. The average molecular weight is 277 g/mol. The van der Waals surface area contributed by atoms with Crippen LogP contribution in [0.25, 0.3) is 0 Å². The first kappa shape index (κ1) is 14.9. The third-order valence-corrected chi connectivity index (χ3v) is 3.76. The number of aliphatic carboxylic acids is 1. The van der Waals surface area contributed by atoms with Gasteiger partial charge in [0.25, 0.3) is 0 Å².